The van der Waals surface area contributed by atoms with Gasteiger partial charge in [0.1, 0.15) is 5.82 Å². The van der Waals surface area contributed by atoms with Crippen molar-refractivity contribution in [3.05, 3.63) is 64.7 Å². The molecule has 0 aliphatic carbocycles. The lowest BCUT2D eigenvalue weighted by Gasteiger charge is -2.10. The second-order valence-corrected chi connectivity index (χ2v) is 6.49. The van der Waals surface area contributed by atoms with E-state index in [0.29, 0.717) is 21.5 Å². The highest BCUT2D eigenvalue weighted by Gasteiger charge is 2.09. The lowest BCUT2D eigenvalue weighted by Crippen LogP contribution is -2.16. The second-order valence-electron chi connectivity index (χ2n) is 5.37. The van der Waals surface area contributed by atoms with Gasteiger partial charge in [0.05, 0.1) is 5.52 Å². The smallest absolute Gasteiger partial charge is 0.251 e. The molecule has 122 valence electrons. The van der Waals surface area contributed by atoms with E-state index in [-0.39, 0.29) is 17.3 Å². The van der Waals surface area contributed by atoms with Gasteiger partial charge in [-0.05, 0) is 42.5 Å². The number of aryl methyl sites for hydroxylation is 1. The van der Waals surface area contributed by atoms with Crippen LogP contribution in [0.1, 0.15) is 6.92 Å². The molecule has 0 aliphatic heterocycles. The third kappa shape index (κ3) is 3.33. The lowest BCUT2D eigenvalue weighted by molar-refractivity contribution is -0.114. The number of benzene rings is 2. The topological polar surface area (TPSA) is 51.1 Å². The van der Waals surface area contributed by atoms with Gasteiger partial charge in [-0.1, -0.05) is 11.8 Å². The molecule has 1 amide bonds. The molecule has 0 fully saturated rings. The summed E-state index contributed by atoms with van der Waals surface area (Å²) in [7, 11) is 1.67. The Hall–Kier alpha value is -2.60. The highest BCUT2D eigenvalue weighted by Crippen LogP contribution is 2.33. The van der Waals surface area contributed by atoms with Crippen molar-refractivity contribution in [1.29, 1.82) is 0 Å². The fourth-order valence-electron chi connectivity index (χ4n) is 2.42. The van der Waals surface area contributed by atoms with Gasteiger partial charge in [0, 0.05) is 40.9 Å². The van der Waals surface area contributed by atoms with Gasteiger partial charge in [-0.3, -0.25) is 9.59 Å². The molecule has 3 rings (SSSR count). The van der Waals surface area contributed by atoms with E-state index >= 15 is 0 Å². The zero-order valence-electron chi connectivity index (χ0n) is 13.2. The number of anilines is 1. The summed E-state index contributed by atoms with van der Waals surface area (Å²) >= 11 is 1.38. The summed E-state index contributed by atoms with van der Waals surface area (Å²) in [5.41, 5.74) is 1.24. The Morgan fingerprint density at radius 3 is 2.50 bits per heavy atom. The van der Waals surface area contributed by atoms with Crippen molar-refractivity contribution in [3.8, 4) is 0 Å². The summed E-state index contributed by atoms with van der Waals surface area (Å²) in [6, 6.07) is 13.2. The van der Waals surface area contributed by atoms with Crippen molar-refractivity contribution in [2.24, 2.45) is 7.05 Å². The number of pyridine rings is 1. The van der Waals surface area contributed by atoms with Crippen LogP contribution in [0.2, 0.25) is 0 Å². The van der Waals surface area contributed by atoms with Crippen molar-refractivity contribution in [3.63, 3.8) is 0 Å². The summed E-state index contributed by atoms with van der Waals surface area (Å²) < 4.78 is 15.1. The molecule has 0 bridgehead atoms. The molecule has 24 heavy (non-hydrogen) atoms. The summed E-state index contributed by atoms with van der Waals surface area (Å²) in [6.45, 7) is 1.45. The summed E-state index contributed by atoms with van der Waals surface area (Å²) in [5, 5.41) is 3.39. The minimum Gasteiger partial charge on any atom is -0.326 e. The number of nitrogens with one attached hydrogen (secondary N) is 1. The van der Waals surface area contributed by atoms with Crippen LogP contribution in [0, 0.1) is 5.82 Å². The Morgan fingerprint density at radius 1 is 1.12 bits per heavy atom. The average Bonchev–Trinajstić information content (AvgIpc) is 2.53. The number of nitrogens with zero attached hydrogens (tertiary/aromatic N) is 1. The van der Waals surface area contributed by atoms with E-state index in [1.54, 1.807) is 25.2 Å². The fraction of sp³-hybridized carbons (Fsp3) is 0.111. The molecule has 1 heterocycles. The SMILES string of the molecule is CC(=O)Nc1ccc(Sc2cc(=O)n(C)c3ccc(F)cc23)cc1. The van der Waals surface area contributed by atoms with Crippen LogP contribution in [0.3, 0.4) is 0 Å². The van der Waals surface area contributed by atoms with Crippen molar-refractivity contribution in [2.45, 2.75) is 16.7 Å². The molecule has 0 atom stereocenters. The van der Waals surface area contributed by atoms with Crippen LogP contribution in [0.15, 0.2) is 63.1 Å². The van der Waals surface area contributed by atoms with Crippen molar-refractivity contribution >= 4 is 34.3 Å². The van der Waals surface area contributed by atoms with E-state index in [9.17, 15) is 14.0 Å². The first-order chi connectivity index (χ1) is 11.4. The first kappa shape index (κ1) is 16.3. The molecule has 0 saturated heterocycles. The maximum Gasteiger partial charge on any atom is 0.251 e. The van der Waals surface area contributed by atoms with Crippen molar-refractivity contribution in [2.75, 3.05) is 5.32 Å². The highest BCUT2D eigenvalue weighted by atomic mass is 32.2. The number of amides is 1. The molecule has 0 aliphatic rings. The van der Waals surface area contributed by atoms with Gasteiger partial charge in [0.2, 0.25) is 5.91 Å². The van der Waals surface area contributed by atoms with Crippen LogP contribution in [0.5, 0.6) is 0 Å². The maximum atomic E-state index is 13.6. The third-order valence-corrected chi connectivity index (χ3v) is 4.64. The summed E-state index contributed by atoms with van der Waals surface area (Å²) in [6.07, 6.45) is 0. The Bertz CT molecular complexity index is 981. The summed E-state index contributed by atoms with van der Waals surface area (Å²) in [4.78, 5) is 24.7. The Kier molecular flexibility index (Phi) is 4.40. The van der Waals surface area contributed by atoms with Gasteiger partial charge in [-0.15, -0.1) is 0 Å². The predicted octanol–water partition coefficient (Wildman–Crippen LogP) is 3.79. The van der Waals surface area contributed by atoms with Gasteiger partial charge in [-0.25, -0.2) is 4.39 Å². The monoisotopic (exact) mass is 342 g/mol. The third-order valence-electron chi connectivity index (χ3n) is 3.57. The lowest BCUT2D eigenvalue weighted by atomic mass is 10.2. The normalized spacial score (nSPS) is 10.8. The van der Waals surface area contributed by atoms with Gasteiger partial charge in [0.15, 0.2) is 0 Å². The van der Waals surface area contributed by atoms with Gasteiger partial charge in [0.25, 0.3) is 5.56 Å². The van der Waals surface area contributed by atoms with Gasteiger partial charge < -0.3 is 9.88 Å². The van der Waals surface area contributed by atoms with E-state index in [4.69, 9.17) is 0 Å². The number of hydrogen-bond acceptors (Lipinski definition) is 3. The minimum absolute atomic E-state index is 0.136. The van der Waals surface area contributed by atoms with Gasteiger partial charge in [-0.2, -0.15) is 0 Å². The van der Waals surface area contributed by atoms with Crippen LogP contribution in [0.25, 0.3) is 10.9 Å². The average molecular weight is 342 g/mol. The van der Waals surface area contributed by atoms with E-state index in [2.05, 4.69) is 5.32 Å². The van der Waals surface area contributed by atoms with Crippen LogP contribution >= 0.6 is 11.8 Å². The molecule has 0 unspecified atom stereocenters. The Balaban J connectivity index is 2.01. The van der Waals surface area contributed by atoms with E-state index in [0.717, 1.165) is 4.90 Å². The first-order valence-electron chi connectivity index (χ1n) is 7.29. The number of halogens is 1. The van der Waals surface area contributed by atoms with Crippen molar-refractivity contribution in [1.82, 2.24) is 4.57 Å². The number of hydrogen-bond donors (Lipinski definition) is 1. The molecule has 0 radical (unpaired) electrons. The molecule has 3 aromatic rings. The molecule has 4 nitrogen and oxygen atoms in total. The molecule has 1 N–H and O–H groups in total. The molecule has 1 aromatic heterocycles. The molecule has 6 heteroatoms. The van der Waals surface area contributed by atoms with Crippen LogP contribution in [-0.4, -0.2) is 10.5 Å². The maximum absolute atomic E-state index is 13.6. The fourth-order valence-corrected chi connectivity index (χ4v) is 3.38. The highest BCUT2D eigenvalue weighted by molar-refractivity contribution is 7.99. The standard InChI is InChI=1S/C18H15FN2O2S/c1-11(22)20-13-4-6-14(7-5-13)24-17-10-18(23)21(2)16-8-3-12(19)9-15(16)17/h3-10H,1-2H3,(H,20,22). The largest absolute Gasteiger partial charge is 0.326 e. The molecule has 0 saturated carbocycles. The summed E-state index contributed by atoms with van der Waals surface area (Å²) in [5.74, 6) is -0.479. The zero-order chi connectivity index (χ0) is 17.3. The second kappa shape index (κ2) is 6.49. The Labute approximate surface area is 142 Å². The van der Waals surface area contributed by atoms with E-state index < -0.39 is 0 Å². The van der Waals surface area contributed by atoms with Crippen LogP contribution in [0.4, 0.5) is 10.1 Å². The van der Waals surface area contributed by atoms with Crippen LogP contribution < -0.4 is 10.9 Å². The van der Waals surface area contributed by atoms with Crippen molar-refractivity contribution < 1.29 is 9.18 Å². The van der Waals surface area contributed by atoms with Crippen LogP contribution in [-0.2, 0) is 11.8 Å². The predicted molar refractivity (Wildman–Crippen MR) is 94.0 cm³/mol. The zero-order valence-corrected chi connectivity index (χ0v) is 14.0. The molecule has 0 spiro atoms. The minimum atomic E-state index is -0.344. The van der Waals surface area contributed by atoms with Gasteiger partial charge >= 0.3 is 0 Å². The number of carbonyl (C=O) groups excluding carboxylic acids is 1. The van der Waals surface area contributed by atoms with E-state index in [1.165, 1.54) is 41.5 Å². The number of aromatic nitrogens is 1. The number of fused-ring (bicyclic) bond motifs is 1. The Morgan fingerprint density at radius 2 is 1.83 bits per heavy atom. The van der Waals surface area contributed by atoms with E-state index in [1.807, 2.05) is 12.1 Å². The number of rotatable bonds is 3. The molecule has 2 aromatic carbocycles. The number of carbonyl (C=O) groups is 1. The molecular weight excluding hydrogens is 327 g/mol. The quantitative estimate of drug-likeness (QED) is 0.788. The first-order valence-corrected chi connectivity index (χ1v) is 8.10. The molecular formula is C18H15FN2O2S.